The van der Waals surface area contributed by atoms with Crippen LogP contribution in [0.25, 0.3) is 0 Å². The molecule has 0 spiro atoms. The van der Waals surface area contributed by atoms with Crippen LogP contribution in [-0.2, 0) is 10.0 Å². The lowest BCUT2D eigenvalue weighted by Crippen LogP contribution is -2.26. The SMILES string of the molecule is Nc1ccc(Br)c(S(=O)(=O)NCCCC(F)(F)F)c1. The van der Waals surface area contributed by atoms with Crippen LogP contribution in [0.2, 0.25) is 0 Å². The third-order valence-corrected chi connectivity index (χ3v) is 4.63. The van der Waals surface area contributed by atoms with E-state index in [1.165, 1.54) is 18.2 Å². The fraction of sp³-hybridized carbons (Fsp3) is 0.400. The van der Waals surface area contributed by atoms with Gasteiger partial charge in [0.2, 0.25) is 10.0 Å². The molecule has 4 nitrogen and oxygen atoms in total. The standard InChI is InChI=1S/C10H12BrF3N2O2S/c11-8-3-2-7(15)6-9(8)19(17,18)16-5-1-4-10(12,13)14/h2-3,6,16H,1,4-5,15H2. The Morgan fingerprint density at radius 1 is 1.32 bits per heavy atom. The summed E-state index contributed by atoms with van der Waals surface area (Å²) in [5.74, 6) is 0. The maximum absolute atomic E-state index is 11.9. The number of hydrogen-bond acceptors (Lipinski definition) is 3. The third kappa shape index (κ3) is 5.37. The number of alkyl halides is 3. The first-order valence-corrected chi connectivity index (χ1v) is 7.51. The maximum Gasteiger partial charge on any atom is 0.389 e. The third-order valence-electron chi connectivity index (χ3n) is 2.17. The van der Waals surface area contributed by atoms with Crippen molar-refractivity contribution in [3.05, 3.63) is 22.7 Å². The van der Waals surface area contributed by atoms with Gasteiger partial charge in [-0.05, 0) is 40.5 Å². The summed E-state index contributed by atoms with van der Waals surface area (Å²) in [7, 11) is -3.88. The normalized spacial score (nSPS) is 12.6. The lowest BCUT2D eigenvalue weighted by atomic mass is 10.3. The first-order valence-electron chi connectivity index (χ1n) is 5.23. The molecular weight excluding hydrogens is 349 g/mol. The summed E-state index contributed by atoms with van der Waals surface area (Å²) in [6.07, 6.45) is -5.64. The van der Waals surface area contributed by atoms with Gasteiger partial charge in [0.25, 0.3) is 0 Å². The van der Waals surface area contributed by atoms with Crippen molar-refractivity contribution in [2.24, 2.45) is 0 Å². The van der Waals surface area contributed by atoms with Crippen molar-refractivity contribution in [2.45, 2.75) is 23.9 Å². The van der Waals surface area contributed by atoms with Crippen molar-refractivity contribution in [3.63, 3.8) is 0 Å². The Morgan fingerprint density at radius 2 is 1.95 bits per heavy atom. The Balaban J connectivity index is 2.69. The van der Waals surface area contributed by atoms with Crippen LogP contribution in [-0.4, -0.2) is 21.1 Å². The molecule has 108 valence electrons. The first kappa shape index (κ1) is 16.3. The lowest BCUT2D eigenvalue weighted by Gasteiger charge is -2.10. The Kier molecular flexibility index (Phi) is 5.22. The maximum atomic E-state index is 11.9. The van der Waals surface area contributed by atoms with Gasteiger partial charge in [0.1, 0.15) is 0 Å². The van der Waals surface area contributed by atoms with Gasteiger partial charge in [-0.15, -0.1) is 0 Å². The number of rotatable bonds is 5. The molecule has 0 radical (unpaired) electrons. The quantitative estimate of drug-likeness (QED) is 0.626. The van der Waals surface area contributed by atoms with E-state index in [1.54, 1.807) is 0 Å². The van der Waals surface area contributed by atoms with Gasteiger partial charge in [-0.1, -0.05) is 0 Å². The van der Waals surface area contributed by atoms with E-state index in [-0.39, 0.29) is 23.5 Å². The fourth-order valence-electron chi connectivity index (χ4n) is 1.30. The number of nitrogens with two attached hydrogens (primary N) is 1. The van der Waals surface area contributed by atoms with Crippen molar-refractivity contribution in [1.29, 1.82) is 0 Å². The number of nitrogen functional groups attached to an aromatic ring is 1. The molecule has 0 fully saturated rings. The fourth-order valence-corrected chi connectivity index (χ4v) is 3.37. The summed E-state index contributed by atoms with van der Waals surface area (Å²) < 4.78 is 61.8. The second-order valence-corrected chi connectivity index (χ2v) is 6.40. The Morgan fingerprint density at radius 3 is 2.53 bits per heavy atom. The Hall–Kier alpha value is -0.800. The van der Waals surface area contributed by atoms with E-state index >= 15 is 0 Å². The van der Waals surface area contributed by atoms with Crippen molar-refractivity contribution in [2.75, 3.05) is 12.3 Å². The highest BCUT2D eigenvalue weighted by molar-refractivity contribution is 9.10. The molecular formula is C10H12BrF3N2O2S. The van der Waals surface area contributed by atoms with Gasteiger partial charge in [-0.25, -0.2) is 13.1 Å². The van der Waals surface area contributed by atoms with E-state index < -0.39 is 22.6 Å². The van der Waals surface area contributed by atoms with E-state index in [1.807, 2.05) is 0 Å². The van der Waals surface area contributed by atoms with Crippen LogP contribution in [0.3, 0.4) is 0 Å². The van der Waals surface area contributed by atoms with Gasteiger partial charge in [-0.3, -0.25) is 0 Å². The molecule has 0 aliphatic rings. The summed E-state index contributed by atoms with van der Waals surface area (Å²) >= 11 is 3.05. The average Bonchev–Trinajstić information content (AvgIpc) is 2.26. The first-order chi connectivity index (χ1) is 8.62. The number of nitrogens with one attached hydrogen (secondary N) is 1. The van der Waals surface area contributed by atoms with E-state index in [0.29, 0.717) is 4.47 Å². The molecule has 1 rings (SSSR count). The molecule has 0 saturated carbocycles. The average molecular weight is 361 g/mol. The predicted octanol–water partition coefficient (Wildman–Crippen LogP) is 2.65. The lowest BCUT2D eigenvalue weighted by molar-refractivity contribution is -0.135. The van der Waals surface area contributed by atoms with Crippen LogP contribution in [0, 0.1) is 0 Å². The van der Waals surface area contributed by atoms with Crippen LogP contribution in [0.15, 0.2) is 27.6 Å². The monoisotopic (exact) mass is 360 g/mol. The molecule has 0 atom stereocenters. The second-order valence-electron chi connectivity index (χ2n) is 3.81. The van der Waals surface area contributed by atoms with E-state index in [2.05, 4.69) is 20.7 Å². The van der Waals surface area contributed by atoms with Gasteiger partial charge in [-0.2, -0.15) is 13.2 Å². The highest BCUT2D eigenvalue weighted by Gasteiger charge is 2.26. The molecule has 0 amide bonds. The molecule has 19 heavy (non-hydrogen) atoms. The molecule has 0 bridgehead atoms. The van der Waals surface area contributed by atoms with Crippen molar-refractivity contribution >= 4 is 31.6 Å². The minimum Gasteiger partial charge on any atom is -0.399 e. The zero-order valence-corrected chi connectivity index (χ0v) is 12.1. The van der Waals surface area contributed by atoms with Crippen molar-refractivity contribution in [1.82, 2.24) is 4.72 Å². The van der Waals surface area contributed by atoms with Crippen LogP contribution in [0.5, 0.6) is 0 Å². The number of hydrogen-bond donors (Lipinski definition) is 2. The zero-order valence-electron chi connectivity index (χ0n) is 9.67. The molecule has 0 unspecified atom stereocenters. The Labute approximate surface area is 117 Å². The number of benzene rings is 1. The van der Waals surface area contributed by atoms with Crippen LogP contribution < -0.4 is 10.5 Å². The summed E-state index contributed by atoms with van der Waals surface area (Å²) in [6, 6.07) is 4.20. The molecule has 0 aromatic heterocycles. The number of sulfonamides is 1. The van der Waals surface area contributed by atoms with Crippen LogP contribution >= 0.6 is 15.9 Å². The summed E-state index contributed by atoms with van der Waals surface area (Å²) in [4.78, 5) is -0.0977. The minimum atomic E-state index is -4.29. The number of halogens is 4. The molecule has 1 aromatic rings. The minimum absolute atomic E-state index is 0.0977. The van der Waals surface area contributed by atoms with Gasteiger partial charge < -0.3 is 5.73 Å². The number of anilines is 1. The van der Waals surface area contributed by atoms with E-state index in [4.69, 9.17) is 5.73 Å². The molecule has 0 aliphatic carbocycles. The van der Waals surface area contributed by atoms with Gasteiger partial charge in [0, 0.05) is 23.1 Å². The van der Waals surface area contributed by atoms with Gasteiger partial charge in [0.05, 0.1) is 4.90 Å². The van der Waals surface area contributed by atoms with E-state index in [0.717, 1.165) is 0 Å². The summed E-state index contributed by atoms with van der Waals surface area (Å²) in [5, 5.41) is 0. The molecule has 0 saturated heterocycles. The Bertz CT molecular complexity index is 546. The highest BCUT2D eigenvalue weighted by Crippen LogP contribution is 2.24. The van der Waals surface area contributed by atoms with Crippen molar-refractivity contribution in [3.8, 4) is 0 Å². The van der Waals surface area contributed by atoms with Gasteiger partial charge >= 0.3 is 6.18 Å². The molecule has 1 aromatic carbocycles. The zero-order chi connectivity index (χ0) is 14.7. The topological polar surface area (TPSA) is 72.2 Å². The van der Waals surface area contributed by atoms with Crippen molar-refractivity contribution < 1.29 is 21.6 Å². The second kappa shape index (κ2) is 6.10. The largest absolute Gasteiger partial charge is 0.399 e. The highest BCUT2D eigenvalue weighted by atomic mass is 79.9. The van der Waals surface area contributed by atoms with E-state index in [9.17, 15) is 21.6 Å². The molecule has 9 heteroatoms. The molecule has 0 heterocycles. The molecule has 0 aliphatic heterocycles. The predicted molar refractivity (Wildman–Crippen MR) is 69.0 cm³/mol. The smallest absolute Gasteiger partial charge is 0.389 e. The summed E-state index contributed by atoms with van der Waals surface area (Å²) in [6.45, 7) is -0.289. The van der Waals surface area contributed by atoms with Crippen LogP contribution in [0.1, 0.15) is 12.8 Å². The summed E-state index contributed by atoms with van der Waals surface area (Å²) in [5.41, 5.74) is 5.72. The van der Waals surface area contributed by atoms with Crippen LogP contribution in [0.4, 0.5) is 18.9 Å². The molecule has 3 N–H and O–H groups in total. The van der Waals surface area contributed by atoms with Gasteiger partial charge in [0.15, 0.2) is 0 Å².